The predicted octanol–water partition coefficient (Wildman–Crippen LogP) is 4.97. The van der Waals surface area contributed by atoms with Crippen molar-refractivity contribution in [2.45, 2.75) is 13.8 Å². The molecule has 0 aliphatic carbocycles. The number of ether oxygens (including phenoxy) is 2. The molecule has 0 radical (unpaired) electrons. The molecule has 0 saturated carbocycles. The molecule has 0 atom stereocenters. The number of amides is 1. The van der Waals surface area contributed by atoms with E-state index in [1.807, 2.05) is 25.1 Å². The number of benzene rings is 2. The number of nitriles is 1. The molecule has 0 fully saturated rings. The topological polar surface area (TPSA) is 131 Å². The molecule has 11 heteroatoms. The number of anilines is 1. The smallest absolute Gasteiger partial charge is 0.412 e. The number of rotatable bonds is 6. The van der Waals surface area contributed by atoms with Crippen LogP contribution in [-0.2, 0) is 9.53 Å². The van der Waals surface area contributed by atoms with E-state index >= 15 is 0 Å². The molecule has 0 aliphatic heterocycles. The van der Waals surface area contributed by atoms with Crippen molar-refractivity contribution in [2.24, 2.45) is 10.8 Å². The van der Waals surface area contributed by atoms with Crippen LogP contribution in [0, 0.1) is 18.3 Å². The summed E-state index contributed by atoms with van der Waals surface area (Å²) in [6.45, 7) is 3.90. The fourth-order valence-electron chi connectivity index (χ4n) is 2.87. The highest BCUT2D eigenvalue weighted by Crippen LogP contribution is 2.40. The van der Waals surface area contributed by atoms with E-state index in [1.165, 1.54) is 17.1 Å². The van der Waals surface area contributed by atoms with Crippen LogP contribution in [0.4, 0.5) is 10.5 Å². The van der Waals surface area contributed by atoms with Crippen LogP contribution in [0.5, 0.6) is 11.5 Å². The molecule has 0 aliphatic rings. The molecular weight excluding hydrogens is 469 g/mol. The fourth-order valence-corrected chi connectivity index (χ4v) is 3.43. The number of aromatic nitrogens is 1. The molecule has 1 amide bonds. The number of halogens is 2. The van der Waals surface area contributed by atoms with Crippen molar-refractivity contribution in [3.8, 4) is 17.6 Å². The van der Waals surface area contributed by atoms with Gasteiger partial charge in [0.05, 0.1) is 21.2 Å². The molecule has 1 aromatic heterocycles. The van der Waals surface area contributed by atoms with Crippen molar-refractivity contribution >= 4 is 57.6 Å². The summed E-state index contributed by atoms with van der Waals surface area (Å²) >= 11 is 12.8. The van der Waals surface area contributed by atoms with Gasteiger partial charge in [-0.25, -0.2) is 9.59 Å². The number of nitrogens with zero attached hydrogens (tertiary/aromatic N) is 4. The second-order valence-electron chi connectivity index (χ2n) is 6.69. The minimum Gasteiger partial charge on any atom is -0.454 e. The lowest BCUT2D eigenvalue weighted by Gasteiger charge is -2.19. The van der Waals surface area contributed by atoms with Crippen LogP contribution in [0.1, 0.15) is 12.5 Å². The Morgan fingerprint density at radius 1 is 1.21 bits per heavy atom. The number of hydrazone groups is 1. The normalized spacial score (nSPS) is 11.1. The number of pyridine rings is 1. The van der Waals surface area contributed by atoms with Crippen molar-refractivity contribution in [2.75, 3.05) is 11.6 Å². The zero-order valence-corrected chi connectivity index (χ0v) is 19.0. The zero-order valence-electron chi connectivity index (χ0n) is 17.5. The monoisotopic (exact) mass is 485 g/mol. The number of aryl methyl sites for hydroxylation is 1. The fraction of sp³-hybridized carbons (Fsp3) is 0.136. The van der Waals surface area contributed by atoms with E-state index in [0.29, 0.717) is 11.4 Å². The third-order valence-electron chi connectivity index (χ3n) is 4.30. The summed E-state index contributed by atoms with van der Waals surface area (Å²) in [6, 6.07) is 12.0. The second-order valence-corrected chi connectivity index (χ2v) is 7.51. The summed E-state index contributed by atoms with van der Waals surface area (Å²) in [4.78, 5) is 26.9. The van der Waals surface area contributed by atoms with Crippen molar-refractivity contribution < 1.29 is 19.1 Å². The lowest BCUT2D eigenvalue weighted by molar-refractivity contribution is -0.129. The van der Waals surface area contributed by atoms with Crippen LogP contribution in [0.25, 0.3) is 10.9 Å². The quantitative estimate of drug-likeness (QED) is 0.225. The first-order valence-corrected chi connectivity index (χ1v) is 10.3. The van der Waals surface area contributed by atoms with E-state index in [4.69, 9.17) is 33.7 Å². The molecule has 168 valence electrons. The molecule has 0 bridgehead atoms. The number of primary amides is 1. The van der Waals surface area contributed by atoms with Gasteiger partial charge < -0.3 is 15.2 Å². The largest absolute Gasteiger partial charge is 0.454 e. The summed E-state index contributed by atoms with van der Waals surface area (Å²) in [5.74, 6) is -0.546. The van der Waals surface area contributed by atoms with E-state index in [2.05, 4.69) is 14.8 Å². The summed E-state index contributed by atoms with van der Waals surface area (Å²) in [7, 11) is 0. The van der Waals surface area contributed by atoms with E-state index in [1.54, 1.807) is 25.3 Å². The molecule has 3 aromatic rings. The minimum atomic E-state index is -1.35. The van der Waals surface area contributed by atoms with Crippen molar-refractivity contribution in [3.63, 3.8) is 0 Å². The maximum Gasteiger partial charge on any atom is 0.412 e. The number of carbonyl (C=O) groups is 2. The molecular formula is C22H17Cl2N5O4. The zero-order chi connectivity index (χ0) is 24.1. The SMILES string of the molecule is CCN(N=C(C#N)C(=O)OC(N)=O)c1cc(Cl)c(Oc2ccc3ncc(C)cc3c2)c(Cl)c1. The van der Waals surface area contributed by atoms with E-state index in [9.17, 15) is 14.9 Å². The Morgan fingerprint density at radius 2 is 1.91 bits per heavy atom. The number of hydrogen-bond donors (Lipinski definition) is 1. The average Bonchev–Trinajstić information content (AvgIpc) is 2.76. The first-order chi connectivity index (χ1) is 15.7. The summed E-state index contributed by atoms with van der Waals surface area (Å²) in [5, 5.41) is 15.6. The number of fused-ring (bicyclic) bond motifs is 1. The van der Waals surface area contributed by atoms with Gasteiger partial charge in [0.1, 0.15) is 11.8 Å². The Labute approximate surface area is 198 Å². The average molecular weight is 486 g/mol. The van der Waals surface area contributed by atoms with Crippen LogP contribution in [0.2, 0.25) is 10.0 Å². The molecule has 0 unspecified atom stereocenters. The molecule has 3 rings (SSSR count). The van der Waals surface area contributed by atoms with Gasteiger partial charge in [0.2, 0.25) is 5.71 Å². The van der Waals surface area contributed by atoms with Gasteiger partial charge in [0, 0.05) is 18.1 Å². The maximum atomic E-state index is 11.8. The standard InChI is InChI=1S/C22H17Cl2N5O4/c1-3-29(28-19(10-25)21(30)33-22(26)31)14-8-16(23)20(17(24)9-14)32-15-4-5-18-13(7-15)6-12(2)11-27-18/h4-9,11H,3H2,1-2H3,(H2,26,31). The number of nitrogens with two attached hydrogens (primary N) is 1. The Bertz CT molecular complexity index is 1300. The minimum absolute atomic E-state index is 0.173. The van der Waals surface area contributed by atoms with Crippen LogP contribution in [-0.4, -0.2) is 29.3 Å². The number of carbonyl (C=O) groups excluding carboxylic acids is 2. The van der Waals surface area contributed by atoms with Gasteiger partial charge in [0.15, 0.2) is 5.75 Å². The van der Waals surface area contributed by atoms with Gasteiger partial charge in [-0.1, -0.05) is 23.2 Å². The predicted molar refractivity (Wildman–Crippen MR) is 125 cm³/mol. The molecule has 2 aromatic carbocycles. The molecule has 1 heterocycles. The van der Waals surface area contributed by atoms with Crippen LogP contribution < -0.4 is 15.5 Å². The highest BCUT2D eigenvalue weighted by Gasteiger charge is 2.19. The molecule has 2 N–H and O–H groups in total. The number of hydrogen-bond acceptors (Lipinski definition) is 8. The Kier molecular flexibility index (Phi) is 7.33. The van der Waals surface area contributed by atoms with E-state index in [-0.39, 0.29) is 22.3 Å². The van der Waals surface area contributed by atoms with Crippen molar-refractivity contribution in [1.29, 1.82) is 5.26 Å². The first-order valence-electron chi connectivity index (χ1n) is 9.53. The highest BCUT2D eigenvalue weighted by atomic mass is 35.5. The Morgan fingerprint density at radius 3 is 2.52 bits per heavy atom. The second kappa shape index (κ2) is 10.2. The molecule has 33 heavy (non-hydrogen) atoms. The first kappa shape index (κ1) is 23.8. The number of esters is 1. The summed E-state index contributed by atoms with van der Waals surface area (Å²) in [5.41, 5.74) is 6.33. The summed E-state index contributed by atoms with van der Waals surface area (Å²) < 4.78 is 10.1. The van der Waals surface area contributed by atoms with Gasteiger partial charge in [-0.3, -0.25) is 9.99 Å². The van der Waals surface area contributed by atoms with E-state index < -0.39 is 17.8 Å². The summed E-state index contributed by atoms with van der Waals surface area (Å²) in [6.07, 6.45) is 0.431. The highest BCUT2D eigenvalue weighted by molar-refractivity contribution is 6.44. The Balaban J connectivity index is 1.91. The van der Waals surface area contributed by atoms with Crippen LogP contribution in [0.3, 0.4) is 0 Å². The third kappa shape index (κ3) is 5.68. The van der Waals surface area contributed by atoms with Gasteiger partial charge >= 0.3 is 12.1 Å². The van der Waals surface area contributed by atoms with Gasteiger partial charge in [-0.15, -0.1) is 0 Å². The maximum absolute atomic E-state index is 11.8. The van der Waals surface area contributed by atoms with Crippen LogP contribution in [0.15, 0.2) is 47.7 Å². The van der Waals surface area contributed by atoms with Crippen molar-refractivity contribution in [3.05, 3.63) is 58.2 Å². The van der Waals surface area contributed by atoms with Crippen LogP contribution >= 0.6 is 23.2 Å². The third-order valence-corrected chi connectivity index (χ3v) is 4.86. The lowest BCUT2D eigenvalue weighted by Crippen LogP contribution is -2.27. The van der Waals surface area contributed by atoms with E-state index in [0.717, 1.165) is 16.5 Å². The van der Waals surface area contributed by atoms with Gasteiger partial charge in [-0.05, 0) is 55.8 Å². The molecule has 0 saturated heterocycles. The van der Waals surface area contributed by atoms with Crippen molar-refractivity contribution in [1.82, 2.24) is 4.98 Å². The molecule has 0 spiro atoms. The lowest BCUT2D eigenvalue weighted by atomic mass is 10.1. The Hall–Kier alpha value is -3.87. The molecule has 9 nitrogen and oxygen atoms in total. The van der Waals surface area contributed by atoms with Gasteiger partial charge in [-0.2, -0.15) is 10.4 Å². The van der Waals surface area contributed by atoms with Gasteiger partial charge in [0.25, 0.3) is 0 Å².